The van der Waals surface area contributed by atoms with Gasteiger partial charge >= 0.3 is 0 Å². The van der Waals surface area contributed by atoms with E-state index in [-0.39, 0.29) is 17.4 Å². The fourth-order valence-electron chi connectivity index (χ4n) is 3.52. The van der Waals surface area contributed by atoms with Crippen molar-refractivity contribution in [2.75, 3.05) is 0 Å². The number of nitrogens with one attached hydrogen (secondary N) is 1. The van der Waals surface area contributed by atoms with Crippen molar-refractivity contribution < 1.29 is 9.21 Å². The molecule has 0 aromatic carbocycles. The maximum Gasteiger partial charge on any atom is 0.253 e. The lowest BCUT2D eigenvalue weighted by molar-refractivity contribution is 0.0917. The number of carbonyl (C=O) groups excluding carboxylic acids is 1. The molecule has 1 amide bonds. The predicted molar refractivity (Wildman–Crippen MR) is 88.7 cm³/mol. The van der Waals surface area contributed by atoms with Gasteiger partial charge in [0.05, 0.1) is 11.6 Å². The van der Waals surface area contributed by atoms with Crippen molar-refractivity contribution in [2.24, 2.45) is 5.41 Å². The molecule has 124 valence electrons. The molecule has 0 aliphatic heterocycles. The largest absolute Gasteiger partial charge is 0.466 e. The molecule has 6 heteroatoms. The number of aryl methyl sites for hydroxylation is 1. The Balaban J connectivity index is 1.62. The second-order valence-corrected chi connectivity index (χ2v) is 7.32. The van der Waals surface area contributed by atoms with Gasteiger partial charge in [0.1, 0.15) is 17.8 Å². The first-order valence-electron chi connectivity index (χ1n) is 8.11. The third-order valence-corrected chi connectivity index (χ3v) is 4.59. The first-order chi connectivity index (χ1) is 11.4. The first-order valence-corrected chi connectivity index (χ1v) is 8.11. The van der Waals surface area contributed by atoms with Crippen molar-refractivity contribution in [2.45, 2.75) is 39.7 Å². The maximum absolute atomic E-state index is 12.7. The molecule has 0 bridgehead atoms. The summed E-state index contributed by atoms with van der Waals surface area (Å²) in [7, 11) is 0. The summed E-state index contributed by atoms with van der Waals surface area (Å²) in [6, 6.07) is 5.57. The van der Waals surface area contributed by atoms with Crippen LogP contribution in [0.25, 0.3) is 5.65 Å². The molecule has 3 heterocycles. The fraction of sp³-hybridized carbons (Fsp3) is 0.389. The van der Waals surface area contributed by atoms with Crippen LogP contribution in [0.15, 0.2) is 35.1 Å². The van der Waals surface area contributed by atoms with Crippen LogP contribution in [-0.4, -0.2) is 20.5 Å². The van der Waals surface area contributed by atoms with Gasteiger partial charge < -0.3 is 9.73 Å². The number of aromatic nitrogens is 3. The van der Waals surface area contributed by atoms with Crippen LogP contribution in [0.5, 0.6) is 0 Å². The quantitative estimate of drug-likeness (QED) is 0.786. The average molecular weight is 324 g/mol. The summed E-state index contributed by atoms with van der Waals surface area (Å²) in [6.45, 7) is 6.36. The number of pyridine rings is 1. The Morgan fingerprint density at radius 1 is 1.42 bits per heavy atom. The molecule has 0 saturated heterocycles. The van der Waals surface area contributed by atoms with E-state index in [4.69, 9.17) is 4.42 Å². The molecule has 1 aliphatic rings. The van der Waals surface area contributed by atoms with Crippen molar-refractivity contribution >= 4 is 11.6 Å². The van der Waals surface area contributed by atoms with Crippen molar-refractivity contribution in [1.82, 2.24) is 19.9 Å². The molecule has 4 rings (SSSR count). The molecular weight excluding hydrogens is 304 g/mol. The summed E-state index contributed by atoms with van der Waals surface area (Å²) in [5.74, 6) is 1.78. The van der Waals surface area contributed by atoms with E-state index in [0.717, 1.165) is 35.6 Å². The van der Waals surface area contributed by atoms with Crippen molar-refractivity contribution in [3.63, 3.8) is 0 Å². The summed E-state index contributed by atoms with van der Waals surface area (Å²) < 4.78 is 7.58. The van der Waals surface area contributed by atoms with Gasteiger partial charge in [-0.25, -0.2) is 0 Å². The molecule has 6 nitrogen and oxygen atoms in total. The van der Waals surface area contributed by atoms with E-state index in [2.05, 4.69) is 29.4 Å². The Hall–Kier alpha value is -2.63. The Labute approximate surface area is 139 Å². The monoisotopic (exact) mass is 324 g/mol. The highest BCUT2D eigenvalue weighted by molar-refractivity contribution is 5.94. The van der Waals surface area contributed by atoms with E-state index in [9.17, 15) is 4.79 Å². The van der Waals surface area contributed by atoms with Crippen molar-refractivity contribution in [3.05, 3.63) is 53.4 Å². The Bertz CT molecular complexity index is 922. The summed E-state index contributed by atoms with van der Waals surface area (Å²) in [5, 5.41) is 11.0. The third kappa shape index (κ3) is 2.58. The van der Waals surface area contributed by atoms with Gasteiger partial charge in [-0.1, -0.05) is 13.8 Å². The zero-order valence-corrected chi connectivity index (χ0v) is 14.0. The van der Waals surface area contributed by atoms with E-state index in [1.165, 1.54) is 0 Å². The lowest BCUT2D eigenvalue weighted by atomic mass is 9.74. The number of carbonyl (C=O) groups is 1. The number of hydrogen-bond acceptors (Lipinski definition) is 4. The molecule has 3 aromatic rings. The van der Waals surface area contributed by atoms with Crippen LogP contribution in [-0.2, 0) is 6.42 Å². The molecule has 1 atom stereocenters. The Morgan fingerprint density at radius 3 is 3.08 bits per heavy atom. The molecule has 1 unspecified atom stereocenters. The van der Waals surface area contributed by atoms with Crippen LogP contribution in [0.4, 0.5) is 0 Å². The molecule has 0 saturated carbocycles. The molecule has 1 N–H and O–H groups in total. The van der Waals surface area contributed by atoms with E-state index in [1.807, 2.05) is 13.0 Å². The zero-order chi connectivity index (χ0) is 16.9. The van der Waals surface area contributed by atoms with Crippen LogP contribution in [0, 0.1) is 12.3 Å². The van der Waals surface area contributed by atoms with Gasteiger partial charge in [-0.3, -0.25) is 9.20 Å². The molecule has 24 heavy (non-hydrogen) atoms. The number of furan rings is 1. The van der Waals surface area contributed by atoms with Gasteiger partial charge in [-0.05, 0) is 37.0 Å². The fourth-order valence-corrected chi connectivity index (χ4v) is 3.52. The second kappa shape index (κ2) is 5.19. The maximum atomic E-state index is 12.7. The van der Waals surface area contributed by atoms with E-state index >= 15 is 0 Å². The van der Waals surface area contributed by atoms with Crippen LogP contribution in [0.1, 0.15) is 53.8 Å². The first kappa shape index (κ1) is 14.9. The van der Waals surface area contributed by atoms with Crippen molar-refractivity contribution in [1.29, 1.82) is 0 Å². The van der Waals surface area contributed by atoms with Crippen LogP contribution < -0.4 is 5.32 Å². The van der Waals surface area contributed by atoms with Gasteiger partial charge in [0.15, 0.2) is 5.65 Å². The van der Waals surface area contributed by atoms with Gasteiger partial charge in [0.2, 0.25) is 0 Å². The number of nitrogens with zero attached hydrogens (tertiary/aromatic N) is 3. The normalized spacial score (nSPS) is 19.2. The lowest BCUT2D eigenvalue weighted by Crippen LogP contribution is -2.36. The number of rotatable bonds is 2. The topological polar surface area (TPSA) is 72.4 Å². The highest BCUT2D eigenvalue weighted by Gasteiger charge is 2.35. The summed E-state index contributed by atoms with van der Waals surface area (Å²) in [6.07, 6.45) is 5.13. The van der Waals surface area contributed by atoms with E-state index in [1.54, 1.807) is 29.1 Å². The minimum absolute atomic E-state index is 0.0368. The van der Waals surface area contributed by atoms with Crippen LogP contribution in [0.2, 0.25) is 0 Å². The van der Waals surface area contributed by atoms with Crippen LogP contribution >= 0.6 is 0 Å². The SMILES string of the molecule is Cc1cc2c(o1)CC(C)(C)CC2NC(=O)c1ccc2nncn2c1. The Kier molecular flexibility index (Phi) is 3.23. The third-order valence-electron chi connectivity index (χ3n) is 4.59. The second-order valence-electron chi connectivity index (χ2n) is 7.32. The van der Waals surface area contributed by atoms with Crippen LogP contribution in [0.3, 0.4) is 0 Å². The summed E-state index contributed by atoms with van der Waals surface area (Å²) in [4.78, 5) is 12.7. The van der Waals surface area contributed by atoms with E-state index in [0.29, 0.717) is 5.56 Å². The van der Waals surface area contributed by atoms with Crippen molar-refractivity contribution in [3.8, 4) is 0 Å². The Morgan fingerprint density at radius 2 is 2.25 bits per heavy atom. The van der Waals surface area contributed by atoms with Gasteiger partial charge in [0, 0.05) is 18.2 Å². The van der Waals surface area contributed by atoms with E-state index < -0.39 is 0 Å². The summed E-state index contributed by atoms with van der Waals surface area (Å²) >= 11 is 0. The molecule has 1 aliphatic carbocycles. The number of hydrogen-bond donors (Lipinski definition) is 1. The highest BCUT2D eigenvalue weighted by Crippen LogP contribution is 2.42. The molecule has 0 radical (unpaired) electrons. The molecule has 3 aromatic heterocycles. The van der Waals surface area contributed by atoms with Gasteiger partial charge in [0.25, 0.3) is 5.91 Å². The lowest BCUT2D eigenvalue weighted by Gasteiger charge is -2.34. The van der Waals surface area contributed by atoms with Gasteiger partial charge in [-0.2, -0.15) is 0 Å². The smallest absolute Gasteiger partial charge is 0.253 e. The standard InChI is InChI=1S/C18H20N4O2/c1-11-6-13-14(7-18(2,3)8-15(13)24-11)20-17(23)12-4-5-16-21-19-10-22(16)9-12/h4-6,9-10,14H,7-8H2,1-3H3,(H,20,23). The summed E-state index contributed by atoms with van der Waals surface area (Å²) in [5.41, 5.74) is 2.50. The molecular formula is C18H20N4O2. The average Bonchev–Trinajstić information content (AvgIpc) is 3.10. The number of fused-ring (bicyclic) bond motifs is 2. The molecule has 0 fully saturated rings. The highest BCUT2D eigenvalue weighted by atomic mass is 16.3. The minimum atomic E-state index is -0.0990. The zero-order valence-electron chi connectivity index (χ0n) is 14.0. The minimum Gasteiger partial charge on any atom is -0.466 e. The predicted octanol–water partition coefficient (Wildman–Crippen LogP) is 3.07. The van der Waals surface area contributed by atoms with Gasteiger partial charge in [-0.15, -0.1) is 10.2 Å². The number of amides is 1. The molecule has 0 spiro atoms.